The highest BCUT2D eigenvalue weighted by molar-refractivity contribution is 5.66. The number of hydrogen-bond donors (Lipinski definition) is 2. The third kappa shape index (κ3) is 2.79. The van der Waals surface area contributed by atoms with E-state index in [1.807, 2.05) is 12.1 Å². The molecule has 2 nitrogen and oxygen atoms in total. The third-order valence-electron chi connectivity index (χ3n) is 3.94. The first-order valence-electron chi connectivity index (χ1n) is 6.99. The van der Waals surface area contributed by atoms with Crippen LogP contribution in [0, 0.1) is 0 Å². The van der Waals surface area contributed by atoms with E-state index in [0.717, 1.165) is 18.8 Å². The van der Waals surface area contributed by atoms with E-state index in [1.54, 1.807) is 0 Å². The third-order valence-corrected chi connectivity index (χ3v) is 3.94. The van der Waals surface area contributed by atoms with Crippen molar-refractivity contribution in [1.29, 1.82) is 0 Å². The first-order valence-corrected chi connectivity index (χ1v) is 6.99. The Bertz CT molecular complexity index is 539. The number of benzene rings is 2. The summed E-state index contributed by atoms with van der Waals surface area (Å²) in [5.41, 5.74) is 10.6. The van der Waals surface area contributed by atoms with Crippen LogP contribution in [0.15, 0.2) is 48.5 Å². The summed E-state index contributed by atoms with van der Waals surface area (Å²) in [6, 6.07) is 17.1. The Morgan fingerprint density at radius 2 is 1.63 bits per heavy atom. The van der Waals surface area contributed by atoms with Gasteiger partial charge in [-0.1, -0.05) is 36.4 Å². The number of nitrogens with one attached hydrogen (secondary N) is 1. The summed E-state index contributed by atoms with van der Waals surface area (Å²) in [7, 11) is 0. The average Bonchev–Trinajstić information content (AvgIpc) is 2.49. The van der Waals surface area contributed by atoms with E-state index in [0.29, 0.717) is 5.92 Å². The lowest BCUT2D eigenvalue weighted by Gasteiger charge is -2.23. The molecule has 19 heavy (non-hydrogen) atoms. The van der Waals surface area contributed by atoms with E-state index < -0.39 is 0 Å². The minimum Gasteiger partial charge on any atom is -0.399 e. The fraction of sp³-hybridized carbons (Fsp3) is 0.294. The summed E-state index contributed by atoms with van der Waals surface area (Å²) in [5.74, 6) is 0.704. The average molecular weight is 252 g/mol. The SMILES string of the molecule is Nc1ccc(-c2cccc(C3CCNCC3)c2)cc1. The van der Waals surface area contributed by atoms with Gasteiger partial charge in [0.1, 0.15) is 0 Å². The molecule has 98 valence electrons. The van der Waals surface area contributed by atoms with E-state index in [9.17, 15) is 0 Å². The van der Waals surface area contributed by atoms with Gasteiger partial charge in [-0.05, 0) is 60.7 Å². The molecule has 0 saturated carbocycles. The quantitative estimate of drug-likeness (QED) is 0.804. The van der Waals surface area contributed by atoms with Gasteiger partial charge in [0.25, 0.3) is 0 Å². The van der Waals surface area contributed by atoms with Gasteiger partial charge in [0.2, 0.25) is 0 Å². The van der Waals surface area contributed by atoms with Gasteiger partial charge in [0.15, 0.2) is 0 Å². The van der Waals surface area contributed by atoms with E-state index in [2.05, 4.69) is 41.7 Å². The predicted molar refractivity (Wildman–Crippen MR) is 81.1 cm³/mol. The maximum Gasteiger partial charge on any atom is 0.0314 e. The second-order valence-corrected chi connectivity index (χ2v) is 5.27. The van der Waals surface area contributed by atoms with Gasteiger partial charge in [0.05, 0.1) is 0 Å². The number of nitrogens with two attached hydrogens (primary N) is 1. The summed E-state index contributed by atoms with van der Waals surface area (Å²) in [4.78, 5) is 0. The number of piperidine rings is 1. The smallest absolute Gasteiger partial charge is 0.0314 e. The Labute approximate surface area is 114 Å². The van der Waals surface area contributed by atoms with Gasteiger partial charge in [-0.25, -0.2) is 0 Å². The second kappa shape index (κ2) is 5.45. The van der Waals surface area contributed by atoms with Crippen LogP contribution in [-0.4, -0.2) is 13.1 Å². The molecule has 1 aliphatic rings. The summed E-state index contributed by atoms with van der Waals surface area (Å²) in [6.07, 6.45) is 2.48. The fourth-order valence-corrected chi connectivity index (χ4v) is 2.80. The highest BCUT2D eigenvalue weighted by Crippen LogP contribution is 2.29. The van der Waals surface area contributed by atoms with Crippen molar-refractivity contribution >= 4 is 5.69 Å². The minimum atomic E-state index is 0.704. The van der Waals surface area contributed by atoms with Gasteiger partial charge in [-0.15, -0.1) is 0 Å². The number of anilines is 1. The van der Waals surface area contributed by atoms with E-state index in [4.69, 9.17) is 5.73 Å². The molecule has 0 spiro atoms. The van der Waals surface area contributed by atoms with Crippen molar-refractivity contribution < 1.29 is 0 Å². The van der Waals surface area contributed by atoms with Crippen LogP contribution in [0.25, 0.3) is 11.1 Å². The molecule has 0 aliphatic carbocycles. The Kier molecular flexibility index (Phi) is 3.51. The number of rotatable bonds is 2. The standard InChI is InChI=1S/C17H20N2/c18-17-6-4-13(5-7-17)15-2-1-3-16(12-15)14-8-10-19-11-9-14/h1-7,12,14,19H,8-11,18H2. The van der Waals surface area contributed by atoms with Gasteiger partial charge in [-0.2, -0.15) is 0 Å². The molecule has 2 aromatic rings. The Hall–Kier alpha value is -1.80. The van der Waals surface area contributed by atoms with Gasteiger partial charge in [-0.3, -0.25) is 0 Å². The lowest BCUT2D eigenvalue weighted by molar-refractivity contribution is 0.460. The Balaban J connectivity index is 1.88. The number of nitrogen functional groups attached to an aromatic ring is 1. The van der Waals surface area contributed by atoms with Crippen LogP contribution < -0.4 is 11.1 Å². The fourth-order valence-electron chi connectivity index (χ4n) is 2.80. The van der Waals surface area contributed by atoms with Gasteiger partial charge in [0, 0.05) is 5.69 Å². The Morgan fingerprint density at radius 1 is 0.895 bits per heavy atom. The van der Waals surface area contributed by atoms with E-state index in [-0.39, 0.29) is 0 Å². The van der Waals surface area contributed by atoms with E-state index >= 15 is 0 Å². The van der Waals surface area contributed by atoms with Gasteiger partial charge >= 0.3 is 0 Å². The van der Waals surface area contributed by atoms with Crippen LogP contribution in [0.1, 0.15) is 24.3 Å². The first kappa shape index (κ1) is 12.2. The van der Waals surface area contributed by atoms with E-state index in [1.165, 1.54) is 29.5 Å². The van der Waals surface area contributed by atoms with Crippen molar-refractivity contribution in [2.45, 2.75) is 18.8 Å². The lowest BCUT2D eigenvalue weighted by atomic mass is 9.88. The van der Waals surface area contributed by atoms with Crippen LogP contribution in [0.5, 0.6) is 0 Å². The molecule has 1 heterocycles. The molecule has 0 atom stereocenters. The first-order chi connectivity index (χ1) is 9.33. The summed E-state index contributed by atoms with van der Waals surface area (Å²) in [6.45, 7) is 2.27. The van der Waals surface area contributed by atoms with Crippen LogP contribution >= 0.6 is 0 Å². The molecular formula is C17H20N2. The van der Waals surface area contributed by atoms with Crippen molar-refractivity contribution in [2.75, 3.05) is 18.8 Å². The highest BCUT2D eigenvalue weighted by atomic mass is 14.9. The molecule has 2 aromatic carbocycles. The maximum atomic E-state index is 5.74. The topological polar surface area (TPSA) is 38.0 Å². The van der Waals surface area contributed by atoms with Crippen molar-refractivity contribution in [3.63, 3.8) is 0 Å². The molecule has 1 saturated heterocycles. The minimum absolute atomic E-state index is 0.704. The molecule has 1 aliphatic heterocycles. The van der Waals surface area contributed by atoms with Crippen LogP contribution in [-0.2, 0) is 0 Å². The van der Waals surface area contributed by atoms with Crippen LogP contribution in [0.4, 0.5) is 5.69 Å². The molecule has 2 heteroatoms. The maximum absolute atomic E-state index is 5.74. The molecule has 3 N–H and O–H groups in total. The highest BCUT2D eigenvalue weighted by Gasteiger charge is 2.15. The zero-order valence-electron chi connectivity index (χ0n) is 11.1. The molecule has 1 fully saturated rings. The van der Waals surface area contributed by atoms with Crippen molar-refractivity contribution in [3.05, 3.63) is 54.1 Å². The zero-order valence-corrected chi connectivity index (χ0v) is 11.1. The zero-order chi connectivity index (χ0) is 13.1. The largest absolute Gasteiger partial charge is 0.399 e. The monoisotopic (exact) mass is 252 g/mol. The van der Waals surface area contributed by atoms with Crippen LogP contribution in [0.2, 0.25) is 0 Å². The summed E-state index contributed by atoms with van der Waals surface area (Å²) < 4.78 is 0. The normalized spacial score (nSPS) is 16.4. The molecule has 0 bridgehead atoms. The number of hydrogen-bond acceptors (Lipinski definition) is 2. The molecular weight excluding hydrogens is 232 g/mol. The molecule has 0 aromatic heterocycles. The predicted octanol–water partition coefficient (Wildman–Crippen LogP) is 3.40. The summed E-state index contributed by atoms with van der Waals surface area (Å²) in [5, 5.41) is 3.42. The Morgan fingerprint density at radius 3 is 2.37 bits per heavy atom. The van der Waals surface area contributed by atoms with Crippen molar-refractivity contribution in [1.82, 2.24) is 5.32 Å². The summed E-state index contributed by atoms with van der Waals surface area (Å²) >= 11 is 0. The second-order valence-electron chi connectivity index (χ2n) is 5.27. The van der Waals surface area contributed by atoms with Crippen molar-refractivity contribution in [3.8, 4) is 11.1 Å². The van der Waals surface area contributed by atoms with Crippen molar-refractivity contribution in [2.24, 2.45) is 0 Å². The lowest BCUT2D eigenvalue weighted by Crippen LogP contribution is -2.26. The molecule has 0 amide bonds. The molecule has 0 radical (unpaired) electrons. The molecule has 3 rings (SSSR count). The van der Waals surface area contributed by atoms with Gasteiger partial charge < -0.3 is 11.1 Å². The molecule has 0 unspecified atom stereocenters. The van der Waals surface area contributed by atoms with Crippen LogP contribution in [0.3, 0.4) is 0 Å².